The topological polar surface area (TPSA) is 80.1 Å². The van der Waals surface area contributed by atoms with Crippen molar-refractivity contribution in [3.05, 3.63) is 47.5 Å². The van der Waals surface area contributed by atoms with Gasteiger partial charge in [0.1, 0.15) is 6.04 Å². The second-order valence-electron chi connectivity index (χ2n) is 6.51. The number of aromatic nitrogens is 3. The SMILES string of the molecule is CCNC(=O)c1nnc2n1CCN(C(=O)C1CC1)[C@H]2c1ccccc1. The van der Waals surface area contributed by atoms with Crippen molar-refractivity contribution >= 4 is 11.8 Å². The maximum atomic E-state index is 12.8. The number of fused-ring (bicyclic) bond motifs is 1. The van der Waals surface area contributed by atoms with Crippen molar-refractivity contribution in [2.45, 2.75) is 32.4 Å². The number of rotatable bonds is 4. The van der Waals surface area contributed by atoms with E-state index in [9.17, 15) is 9.59 Å². The summed E-state index contributed by atoms with van der Waals surface area (Å²) in [6.45, 7) is 3.51. The van der Waals surface area contributed by atoms with E-state index in [2.05, 4.69) is 15.5 Å². The van der Waals surface area contributed by atoms with Gasteiger partial charge in [0.15, 0.2) is 5.82 Å². The Bertz CT molecular complexity index is 797. The lowest BCUT2D eigenvalue weighted by atomic mass is 10.0. The summed E-state index contributed by atoms with van der Waals surface area (Å²) in [5.74, 6) is 1.07. The molecule has 130 valence electrons. The fourth-order valence-corrected chi connectivity index (χ4v) is 3.39. The summed E-state index contributed by atoms with van der Waals surface area (Å²) in [5, 5.41) is 11.2. The van der Waals surface area contributed by atoms with Gasteiger partial charge in [-0.3, -0.25) is 9.59 Å². The highest BCUT2D eigenvalue weighted by Crippen LogP contribution is 2.37. The van der Waals surface area contributed by atoms with Crippen LogP contribution in [0.3, 0.4) is 0 Å². The number of hydrogen-bond donors (Lipinski definition) is 1. The van der Waals surface area contributed by atoms with E-state index >= 15 is 0 Å². The van der Waals surface area contributed by atoms with E-state index in [1.807, 2.05) is 46.7 Å². The fourth-order valence-electron chi connectivity index (χ4n) is 3.39. The Morgan fingerprint density at radius 1 is 1.16 bits per heavy atom. The van der Waals surface area contributed by atoms with Crippen LogP contribution in [0.1, 0.15) is 47.8 Å². The Balaban J connectivity index is 1.76. The molecular formula is C18H21N5O2. The van der Waals surface area contributed by atoms with Crippen LogP contribution in [0.4, 0.5) is 0 Å². The molecular weight excluding hydrogens is 318 g/mol. The van der Waals surface area contributed by atoms with Crippen molar-refractivity contribution in [3.8, 4) is 0 Å². The number of hydrogen-bond acceptors (Lipinski definition) is 4. The quantitative estimate of drug-likeness (QED) is 0.912. The zero-order chi connectivity index (χ0) is 17.4. The third kappa shape index (κ3) is 2.79. The van der Waals surface area contributed by atoms with Crippen LogP contribution in [0.5, 0.6) is 0 Å². The lowest BCUT2D eigenvalue weighted by Gasteiger charge is -2.36. The van der Waals surface area contributed by atoms with Crippen molar-refractivity contribution in [2.24, 2.45) is 5.92 Å². The summed E-state index contributed by atoms with van der Waals surface area (Å²) in [4.78, 5) is 26.9. The van der Waals surface area contributed by atoms with Crippen LogP contribution in [0.2, 0.25) is 0 Å². The van der Waals surface area contributed by atoms with Crippen molar-refractivity contribution in [3.63, 3.8) is 0 Å². The number of amides is 2. The molecule has 2 heterocycles. The Kier molecular flexibility index (Phi) is 3.99. The molecule has 0 bridgehead atoms. The lowest BCUT2D eigenvalue weighted by Crippen LogP contribution is -2.44. The van der Waals surface area contributed by atoms with Gasteiger partial charge in [-0.25, -0.2) is 0 Å². The highest BCUT2D eigenvalue weighted by Gasteiger charge is 2.41. The maximum absolute atomic E-state index is 12.8. The number of nitrogens with zero attached hydrogens (tertiary/aromatic N) is 4. The van der Waals surface area contributed by atoms with E-state index in [0.29, 0.717) is 31.3 Å². The van der Waals surface area contributed by atoms with Gasteiger partial charge < -0.3 is 14.8 Å². The minimum Gasteiger partial charge on any atom is -0.350 e. The first-order chi connectivity index (χ1) is 12.2. The van der Waals surface area contributed by atoms with Crippen molar-refractivity contribution in [1.29, 1.82) is 0 Å². The van der Waals surface area contributed by atoms with Gasteiger partial charge >= 0.3 is 0 Å². The van der Waals surface area contributed by atoms with Crippen LogP contribution in [0.15, 0.2) is 30.3 Å². The molecule has 4 rings (SSSR count). The highest BCUT2D eigenvalue weighted by atomic mass is 16.2. The summed E-state index contributed by atoms with van der Waals surface area (Å²) < 4.78 is 1.85. The van der Waals surface area contributed by atoms with E-state index in [1.165, 1.54) is 0 Å². The summed E-state index contributed by atoms with van der Waals surface area (Å²) in [7, 11) is 0. The molecule has 1 aromatic heterocycles. The van der Waals surface area contributed by atoms with Crippen molar-refractivity contribution < 1.29 is 9.59 Å². The zero-order valence-corrected chi connectivity index (χ0v) is 14.2. The summed E-state index contributed by atoms with van der Waals surface area (Å²) >= 11 is 0. The Hall–Kier alpha value is -2.70. The van der Waals surface area contributed by atoms with Gasteiger partial charge in [-0.1, -0.05) is 30.3 Å². The molecule has 1 N–H and O–H groups in total. The Labute approximate surface area is 146 Å². The minimum absolute atomic E-state index is 0.142. The number of benzene rings is 1. The van der Waals surface area contributed by atoms with Crippen LogP contribution in [0.25, 0.3) is 0 Å². The number of nitrogens with one attached hydrogen (secondary N) is 1. The van der Waals surface area contributed by atoms with E-state index in [0.717, 1.165) is 18.4 Å². The first-order valence-electron chi connectivity index (χ1n) is 8.77. The second-order valence-corrected chi connectivity index (χ2v) is 6.51. The molecule has 1 aliphatic heterocycles. The smallest absolute Gasteiger partial charge is 0.289 e. The maximum Gasteiger partial charge on any atom is 0.289 e. The Morgan fingerprint density at radius 2 is 1.92 bits per heavy atom. The fraction of sp³-hybridized carbons (Fsp3) is 0.444. The number of carbonyl (C=O) groups excluding carboxylic acids is 2. The standard InChI is InChI=1S/C18H21N5O2/c1-2-19-17(24)16-21-20-15-14(12-6-4-3-5-7-12)22(10-11-23(15)16)18(25)13-8-9-13/h3-7,13-14H,2,8-11H2,1H3,(H,19,24)/t14-/m0/s1. The van der Waals surface area contributed by atoms with E-state index in [4.69, 9.17) is 0 Å². The molecule has 1 saturated carbocycles. The third-order valence-corrected chi connectivity index (χ3v) is 4.77. The van der Waals surface area contributed by atoms with Crippen molar-refractivity contribution in [2.75, 3.05) is 13.1 Å². The normalized spacial score (nSPS) is 19.4. The van der Waals surface area contributed by atoms with Crippen LogP contribution in [0, 0.1) is 5.92 Å². The molecule has 1 aromatic carbocycles. The van der Waals surface area contributed by atoms with Gasteiger partial charge in [0, 0.05) is 25.6 Å². The molecule has 25 heavy (non-hydrogen) atoms. The molecule has 7 nitrogen and oxygen atoms in total. The molecule has 1 aliphatic carbocycles. The molecule has 0 spiro atoms. The van der Waals surface area contributed by atoms with Crippen molar-refractivity contribution in [1.82, 2.24) is 25.0 Å². The van der Waals surface area contributed by atoms with Gasteiger partial charge in [-0.05, 0) is 25.3 Å². The summed E-state index contributed by atoms with van der Waals surface area (Å²) in [5.41, 5.74) is 0.993. The Morgan fingerprint density at radius 3 is 2.60 bits per heavy atom. The average molecular weight is 339 g/mol. The molecule has 1 fully saturated rings. The monoisotopic (exact) mass is 339 g/mol. The van der Waals surface area contributed by atoms with E-state index in [-0.39, 0.29) is 23.8 Å². The zero-order valence-electron chi connectivity index (χ0n) is 14.2. The molecule has 1 atom stereocenters. The van der Waals surface area contributed by atoms with Gasteiger partial charge in [0.2, 0.25) is 11.7 Å². The predicted molar refractivity (Wildman–Crippen MR) is 90.8 cm³/mol. The van der Waals surface area contributed by atoms with Crippen LogP contribution >= 0.6 is 0 Å². The molecule has 0 saturated heterocycles. The highest BCUT2D eigenvalue weighted by molar-refractivity contribution is 5.90. The molecule has 2 aliphatic rings. The van der Waals surface area contributed by atoms with E-state index in [1.54, 1.807) is 0 Å². The number of carbonyl (C=O) groups is 2. The van der Waals surface area contributed by atoms with Gasteiger partial charge in [-0.15, -0.1) is 10.2 Å². The van der Waals surface area contributed by atoms with Gasteiger partial charge in [-0.2, -0.15) is 0 Å². The largest absolute Gasteiger partial charge is 0.350 e. The first kappa shape index (κ1) is 15.8. The average Bonchev–Trinajstić information content (AvgIpc) is 3.40. The van der Waals surface area contributed by atoms with Gasteiger partial charge in [0.25, 0.3) is 5.91 Å². The first-order valence-corrected chi connectivity index (χ1v) is 8.77. The molecule has 0 radical (unpaired) electrons. The summed E-state index contributed by atoms with van der Waals surface area (Å²) in [6.07, 6.45) is 1.93. The minimum atomic E-state index is -0.293. The van der Waals surface area contributed by atoms with Crippen LogP contribution in [-0.4, -0.2) is 44.6 Å². The lowest BCUT2D eigenvalue weighted by molar-refractivity contribution is -0.135. The van der Waals surface area contributed by atoms with Crippen LogP contribution < -0.4 is 5.32 Å². The summed E-state index contributed by atoms with van der Waals surface area (Å²) in [6, 6.07) is 9.55. The predicted octanol–water partition coefficient (Wildman–Crippen LogP) is 1.37. The van der Waals surface area contributed by atoms with E-state index < -0.39 is 0 Å². The molecule has 2 aromatic rings. The third-order valence-electron chi connectivity index (χ3n) is 4.77. The molecule has 0 unspecified atom stereocenters. The molecule has 2 amide bonds. The van der Waals surface area contributed by atoms with Gasteiger partial charge in [0.05, 0.1) is 0 Å². The van der Waals surface area contributed by atoms with Crippen LogP contribution in [-0.2, 0) is 11.3 Å². The second kappa shape index (κ2) is 6.31. The molecule has 7 heteroatoms.